The Morgan fingerprint density at radius 2 is 1.70 bits per heavy atom. The third-order valence-corrected chi connectivity index (χ3v) is 3.25. The van der Waals surface area contributed by atoms with Crippen molar-refractivity contribution in [2.75, 3.05) is 12.4 Å². The van der Waals surface area contributed by atoms with Gasteiger partial charge in [-0.05, 0) is 51.1 Å². The van der Waals surface area contributed by atoms with E-state index in [0.717, 1.165) is 0 Å². The van der Waals surface area contributed by atoms with E-state index in [2.05, 4.69) is 10.1 Å². The highest BCUT2D eigenvalue weighted by molar-refractivity contribution is 5.92. The number of carbonyl (C=O) groups is 3. The van der Waals surface area contributed by atoms with Gasteiger partial charge >= 0.3 is 18.0 Å². The standard InChI is InChI=1S/C19H21NO7/c1-19(2,3)27-18(23)20-13-7-5-12(6-8-13)16(21)26-11-15-14(9-10-25-15)17(22)24-4/h5-10H,11H2,1-4H3,(H,20,23). The maximum atomic E-state index is 12.1. The van der Waals surface area contributed by atoms with Gasteiger partial charge in [0.1, 0.15) is 11.2 Å². The topological polar surface area (TPSA) is 104 Å². The second-order valence-electron chi connectivity index (χ2n) is 6.53. The Bertz CT molecular complexity index is 815. The number of carbonyl (C=O) groups excluding carboxylic acids is 3. The molecule has 0 bridgehead atoms. The lowest BCUT2D eigenvalue weighted by molar-refractivity contribution is 0.0432. The van der Waals surface area contributed by atoms with E-state index in [1.165, 1.54) is 31.6 Å². The molecule has 0 saturated heterocycles. The van der Waals surface area contributed by atoms with Gasteiger partial charge in [-0.25, -0.2) is 14.4 Å². The Balaban J connectivity index is 1.93. The molecule has 0 aliphatic carbocycles. The molecule has 27 heavy (non-hydrogen) atoms. The Morgan fingerprint density at radius 1 is 1.04 bits per heavy atom. The highest BCUT2D eigenvalue weighted by Crippen LogP contribution is 2.16. The molecule has 1 N–H and O–H groups in total. The van der Waals surface area contributed by atoms with Gasteiger partial charge in [0, 0.05) is 5.69 Å². The average Bonchev–Trinajstić information content (AvgIpc) is 3.06. The van der Waals surface area contributed by atoms with Gasteiger partial charge in [-0.1, -0.05) is 0 Å². The van der Waals surface area contributed by atoms with Gasteiger partial charge in [0.25, 0.3) is 0 Å². The molecular formula is C19H21NO7. The smallest absolute Gasteiger partial charge is 0.412 e. The Labute approximate surface area is 156 Å². The molecule has 8 nitrogen and oxygen atoms in total. The molecule has 2 rings (SSSR count). The number of benzene rings is 1. The third-order valence-electron chi connectivity index (χ3n) is 3.25. The highest BCUT2D eigenvalue weighted by atomic mass is 16.6. The minimum atomic E-state index is -0.608. The van der Waals surface area contributed by atoms with Gasteiger partial charge in [-0.15, -0.1) is 0 Å². The van der Waals surface area contributed by atoms with Crippen LogP contribution < -0.4 is 5.32 Å². The molecule has 0 spiro atoms. The van der Waals surface area contributed by atoms with E-state index in [-0.39, 0.29) is 23.5 Å². The maximum absolute atomic E-state index is 12.1. The molecule has 0 atom stereocenters. The number of methoxy groups -OCH3 is 1. The first-order valence-corrected chi connectivity index (χ1v) is 8.11. The lowest BCUT2D eigenvalue weighted by Crippen LogP contribution is -2.27. The van der Waals surface area contributed by atoms with Crippen LogP contribution in [0.3, 0.4) is 0 Å². The fraction of sp³-hybridized carbons (Fsp3) is 0.316. The van der Waals surface area contributed by atoms with Gasteiger partial charge in [-0.3, -0.25) is 5.32 Å². The number of rotatable bonds is 5. The van der Waals surface area contributed by atoms with E-state index in [1.807, 2.05) is 0 Å². The first-order valence-electron chi connectivity index (χ1n) is 8.11. The van der Waals surface area contributed by atoms with Crippen molar-refractivity contribution in [2.45, 2.75) is 33.0 Å². The van der Waals surface area contributed by atoms with Gasteiger partial charge in [0.15, 0.2) is 12.4 Å². The van der Waals surface area contributed by atoms with Crippen LogP contribution in [0.5, 0.6) is 0 Å². The van der Waals surface area contributed by atoms with Crippen LogP contribution in [0.4, 0.5) is 10.5 Å². The van der Waals surface area contributed by atoms with Crippen LogP contribution in [-0.4, -0.2) is 30.7 Å². The molecule has 1 heterocycles. The van der Waals surface area contributed by atoms with Crippen LogP contribution in [0, 0.1) is 0 Å². The van der Waals surface area contributed by atoms with Crippen molar-refractivity contribution in [3.63, 3.8) is 0 Å². The van der Waals surface area contributed by atoms with E-state index >= 15 is 0 Å². The molecule has 144 valence electrons. The van der Waals surface area contributed by atoms with Crippen molar-refractivity contribution in [3.05, 3.63) is 53.5 Å². The van der Waals surface area contributed by atoms with Crippen molar-refractivity contribution in [3.8, 4) is 0 Å². The molecule has 1 aromatic carbocycles. The first-order chi connectivity index (χ1) is 12.7. The van der Waals surface area contributed by atoms with Crippen LogP contribution in [0.25, 0.3) is 0 Å². The summed E-state index contributed by atoms with van der Waals surface area (Å²) in [5.74, 6) is -0.989. The highest BCUT2D eigenvalue weighted by Gasteiger charge is 2.18. The quantitative estimate of drug-likeness (QED) is 0.626. The summed E-state index contributed by atoms with van der Waals surface area (Å²) in [5, 5.41) is 2.57. The largest absolute Gasteiger partial charge is 0.465 e. The van der Waals surface area contributed by atoms with E-state index in [0.29, 0.717) is 5.69 Å². The molecule has 0 aliphatic rings. The van der Waals surface area contributed by atoms with Gasteiger partial charge in [0.2, 0.25) is 0 Å². The normalized spacial score (nSPS) is 10.8. The Kier molecular flexibility index (Phi) is 6.23. The minimum Gasteiger partial charge on any atom is -0.465 e. The monoisotopic (exact) mass is 375 g/mol. The molecule has 1 amide bonds. The van der Waals surface area contributed by atoms with Crippen molar-refractivity contribution < 1.29 is 33.0 Å². The predicted octanol–water partition coefficient (Wildman–Crippen LogP) is 3.77. The SMILES string of the molecule is COC(=O)c1ccoc1COC(=O)c1ccc(NC(=O)OC(C)(C)C)cc1. The molecule has 8 heteroatoms. The number of nitrogens with one attached hydrogen (secondary N) is 1. The molecule has 0 aliphatic heterocycles. The number of anilines is 1. The fourth-order valence-electron chi connectivity index (χ4n) is 2.07. The van der Waals surface area contributed by atoms with Crippen LogP contribution in [0.15, 0.2) is 41.0 Å². The van der Waals surface area contributed by atoms with Gasteiger partial charge in [0.05, 0.1) is 18.9 Å². The number of amides is 1. The molecule has 2 aromatic rings. The van der Waals surface area contributed by atoms with Crippen LogP contribution in [0.2, 0.25) is 0 Å². The number of esters is 2. The number of hydrogen-bond donors (Lipinski definition) is 1. The summed E-state index contributed by atoms with van der Waals surface area (Å²) in [5.41, 5.74) is 0.334. The lowest BCUT2D eigenvalue weighted by atomic mass is 10.2. The van der Waals surface area contributed by atoms with Crippen molar-refractivity contribution in [2.24, 2.45) is 0 Å². The van der Waals surface area contributed by atoms with Crippen LogP contribution >= 0.6 is 0 Å². The molecule has 1 aromatic heterocycles. The second-order valence-corrected chi connectivity index (χ2v) is 6.53. The average molecular weight is 375 g/mol. The summed E-state index contributed by atoms with van der Waals surface area (Å²) in [6, 6.07) is 7.53. The fourth-order valence-corrected chi connectivity index (χ4v) is 2.07. The summed E-state index contributed by atoms with van der Waals surface area (Å²) in [7, 11) is 1.25. The molecule has 0 saturated carbocycles. The Hall–Kier alpha value is -3.29. The number of ether oxygens (including phenoxy) is 3. The van der Waals surface area contributed by atoms with Gasteiger partial charge < -0.3 is 18.6 Å². The van der Waals surface area contributed by atoms with Crippen molar-refractivity contribution in [1.29, 1.82) is 0 Å². The van der Waals surface area contributed by atoms with Gasteiger partial charge in [-0.2, -0.15) is 0 Å². The van der Waals surface area contributed by atoms with Crippen LogP contribution in [-0.2, 0) is 20.8 Å². The minimum absolute atomic E-state index is 0.193. The second kappa shape index (κ2) is 8.39. The van der Waals surface area contributed by atoms with E-state index in [1.54, 1.807) is 32.9 Å². The summed E-state index contributed by atoms with van der Waals surface area (Å²) >= 11 is 0. The predicted molar refractivity (Wildman–Crippen MR) is 95.5 cm³/mol. The summed E-state index contributed by atoms with van der Waals surface area (Å²) in [6.07, 6.45) is 0.720. The first kappa shape index (κ1) is 20.0. The Morgan fingerprint density at radius 3 is 2.30 bits per heavy atom. The summed E-state index contributed by atoms with van der Waals surface area (Å²) in [4.78, 5) is 35.4. The number of furan rings is 1. The summed E-state index contributed by atoms with van der Waals surface area (Å²) in [6.45, 7) is 5.07. The van der Waals surface area contributed by atoms with Crippen LogP contribution in [0.1, 0.15) is 47.2 Å². The van der Waals surface area contributed by atoms with Crippen molar-refractivity contribution >= 4 is 23.7 Å². The molecule has 0 unspecified atom stereocenters. The summed E-state index contributed by atoms with van der Waals surface area (Å²) < 4.78 is 20.0. The zero-order chi connectivity index (χ0) is 20.0. The lowest BCUT2D eigenvalue weighted by Gasteiger charge is -2.19. The van der Waals surface area contributed by atoms with E-state index in [9.17, 15) is 14.4 Å². The third kappa shape index (κ3) is 5.88. The molecular weight excluding hydrogens is 354 g/mol. The van der Waals surface area contributed by atoms with Crippen molar-refractivity contribution in [1.82, 2.24) is 0 Å². The molecule has 0 radical (unpaired) electrons. The van der Waals surface area contributed by atoms with E-state index < -0.39 is 23.6 Å². The number of hydrogen-bond acceptors (Lipinski definition) is 7. The molecule has 0 fully saturated rings. The zero-order valence-corrected chi connectivity index (χ0v) is 15.5. The van der Waals surface area contributed by atoms with E-state index in [4.69, 9.17) is 13.9 Å². The zero-order valence-electron chi connectivity index (χ0n) is 15.5. The maximum Gasteiger partial charge on any atom is 0.412 e.